The molecule has 0 N–H and O–H groups in total. The van der Waals surface area contributed by atoms with Crippen molar-refractivity contribution in [2.75, 3.05) is 66.8 Å². The highest BCUT2D eigenvalue weighted by Gasteiger charge is 2.11. The lowest BCUT2D eigenvalue weighted by atomic mass is 10.2. The highest BCUT2D eigenvalue weighted by Crippen LogP contribution is 2.25. The standard InChI is InChI=1S/C24H32Cl2N2O4/c1-27-7-9-29-10-8-28(2)18-20-16-22(26)4-6-24(20)32-14-12-30-11-13-31-23-5-3-21(25)15-19(23)17-27/h3-6,15-16H,7-14,17-18H2,1-2H3. The molecule has 8 heteroatoms. The summed E-state index contributed by atoms with van der Waals surface area (Å²) in [6.45, 7) is 6.25. The van der Waals surface area contributed by atoms with Gasteiger partial charge in [0.2, 0.25) is 0 Å². The van der Waals surface area contributed by atoms with Crippen molar-refractivity contribution in [1.29, 1.82) is 0 Å². The zero-order valence-electron chi connectivity index (χ0n) is 18.8. The first-order valence-electron chi connectivity index (χ1n) is 10.9. The van der Waals surface area contributed by atoms with Crippen LogP contribution in [0, 0.1) is 0 Å². The number of nitrogens with zero attached hydrogens (tertiary/aromatic N) is 2. The van der Waals surface area contributed by atoms with Crippen LogP contribution in [0.4, 0.5) is 0 Å². The van der Waals surface area contributed by atoms with Gasteiger partial charge in [-0.15, -0.1) is 0 Å². The molecule has 0 bridgehead atoms. The number of hydrogen-bond donors (Lipinski definition) is 0. The molecule has 0 saturated carbocycles. The monoisotopic (exact) mass is 482 g/mol. The minimum atomic E-state index is 0.457. The Balaban J connectivity index is 1.63. The van der Waals surface area contributed by atoms with E-state index in [2.05, 4.69) is 23.9 Å². The largest absolute Gasteiger partial charge is 0.491 e. The van der Waals surface area contributed by atoms with Crippen LogP contribution in [0.2, 0.25) is 10.0 Å². The average Bonchev–Trinajstić information content (AvgIpc) is 2.75. The first-order chi connectivity index (χ1) is 15.5. The van der Waals surface area contributed by atoms with Crippen molar-refractivity contribution < 1.29 is 18.9 Å². The average molecular weight is 483 g/mol. The SMILES string of the molecule is CN1CCOCCN(C)Cc2cc(Cl)ccc2OCCOCCOc2ccc(Cl)cc2C1. The number of benzene rings is 2. The molecule has 2 aromatic carbocycles. The van der Waals surface area contributed by atoms with Crippen molar-refractivity contribution in [3.63, 3.8) is 0 Å². The second-order valence-electron chi connectivity index (χ2n) is 7.90. The zero-order chi connectivity index (χ0) is 22.8. The Morgan fingerprint density at radius 2 is 1.06 bits per heavy atom. The summed E-state index contributed by atoms with van der Waals surface area (Å²) in [4.78, 5) is 4.40. The zero-order valence-corrected chi connectivity index (χ0v) is 20.3. The number of likely N-dealkylation sites (N-methyl/N-ethyl adjacent to an activating group) is 2. The predicted octanol–water partition coefficient (Wildman–Crippen LogP) is 4.36. The lowest BCUT2D eigenvalue weighted by Gasteiger charge is -2.21. The van der Waals surface area contributed by atoms with Gasteiger partial charge in [0, 0.05) is 47.4 Å². The Kier molecular flexibility index (Phi) is 10.4. The molecule has 1 aliphatic rings. The van der Waals surface area contributed by atoms with Gasteiger partial charge in [-0.2, -0.15) is 0 Å². The number of ether oxygens (including phenoxy) is 4. The van der Waals surface area contributed by atoms with Gasteiger partial charge >= 0.3 is 0 Å². The molecular weight excluding hydrogens is 451 g/mol. The summed E-state index contributed by atoms with van der Waals surface area (Å²) in [5.41, 5.74) is 2.10. The van der Waals surface area contributed by atoms with Crippen LogP contribution in [0.3, 0.4) is 0 Å². The van der Waals surface area contributed by atoms with Gasteiger partial charge in [0.1, 0.15) is 24.7 Å². The van der Waals surface area contributed by atoms with Crippen molar-refractivity contribution >= 4 is 23.2 Å². The normalized spacial score (nSPS) is 18.6. The molecule has 0 radical (unpaired) electrons. The Labute approximate surface area is 200 Å². The van der Waals surface area contributed by atoms with Gasteiger partial charge in [0.25, 0.3) is 0 Å². The third-order valence-corrected chi connectivity index (χ3v) is 5.60. The third kappa shape index (κ3) is 8.43. The molecule has 6 nitrogen and oxygen atoms in total. The van der Waals surface area contributed by atoms with E-state index in [1.165, 1.54) is 0 Å². The molecule has 0 aliphatic carbocycles. The van der Waals surface area contributed by atoms with E-state index in [1.54, 1.807) is 0 Å². The highest BCUT2D eigenvalue weighted by molar-refractivity contribution is 6.31. The molecule has 0 atom stereocenters. The molecule has 0 saturated heterocycles. The topological polar surface area (TPSA) is 43.4 Å². The maximum atomic E-state index is 6.21. The van der Waals surface area contributed by atoms with Crippen LogP contribution in [0.1, 0.15) is 11.1 Å². The van der Waals surface area contributed by atoms with Crippen LogP contribution in [0.15, 0.2) is 36.4 Å². The van der Waals surface area contributed by atoms with Gasteiger partial charge in [-0.3, -0.25) is 9.80 Å². The quantitative estimate of drug-likeness (QED) is 0.555. The van der Waals surface area contributed by atoms with Crippen molar-refractivity contribution in [1.82, 2.24) is 9.80 Å². The molecule has 0 unspecified atom stereocenters. The van der Waals surface area contributed by atoms with E-state index in [4.69, 9.17) is 42.1 Å². The molecule has 0 fully saturated rings. The second-order valence-corrected chi connectivity index (χ2v) is 8.77. The highest BCUT2D eigenvalue weighted by atomic mass is 35.5. The van der Waals surface area contributed by atoms with Gasteiger partial charge in [-0.25, -0.2) is 0 Å². The van der Waals surface area contributed by atoms with Crippen molar-refractivity contribution in [3.05, 3.63) is 57.6 Å². The summed E-state index contributed by atoms with van der Waals surface area (Å²) in [5.74, 6) is 1.65. The lowest BCUT2D eigenvalue weighted by Crippen LogP contribution is -2.27. The number of hydrogen-bond acceptors (Lipinski definition) is 6. The van der Waals surface area contributed by atoms with Gasteiger partial charge in [-0.1, -0.05) is 23.2 Å². The van der Waals surface area contributed by atoms with E-state index < -0.39 is 0 Å². The molecule has 3 rings (SSSR count). The van der Waals surface area contributed by atoms with E-state index in [-0.39, 0.29) is 0 Å². The molecule has 2 aromatic rings. The molecule has 0 aromatic heterocycles. The summed E-state index contributed by atoms with van der Waals surface area (Å²) in [5, 5.41) is 1.40. The summed E-state index contributed by atoms with van der Waals surface area (Å²) in [6, 6.07) is 11.4. The van der Waals surface area contributed by atoms with E-state index in [0.29, 0.717) is 49.7 Å². The predicted molar refractivity (Wildman–Crippen MR) is 128 cm³/mol. The first-order valence-corrected chi connectivity index (χ1v) is 11.6. The van der Waals surface area contributed by atoms with Crippen LogP contribution in [-0.4, -0.2) is 76.6 Å². The van der Waals surface area contributed by atoms with Crippen LogP contribution in [0.25, 0.3) is 0 Å². The van der Waals surface area contributed by atoms with Gasteiger partial charge < -0.3 is 18.9 Å². The number of halogens is 2. The van der Waals surface area contributed by atoms with Crippen LogP contribution >= 0.6 is 23.2 Å². The minimum absolute atomic E-state index is 0.457. The fourth-order valence-corrected chi connectivity index (χ4v) is 3.82. The van der Waals surface area contributed by atoms with Crippen molar-refractivity contribution in [3.8, 4) is 11.5 Å². The molecule has 176 valence electrons. The number of fused-ring (bicyclic) bond motifs is 2. The Morgan fingerprint density at radius 1 is 0.625 bits per heavy atom. The van der Waals surface area contributed by atoms with Crippen molar-refractivity contribution in [2.24, 2.45) is 0 Å². The second kappa shape index (κ2) is 13.2. The maximum Gasteiger partial charge on any atom is 0.124 e. The van der Waals surface area contributed by atoms with Gasteiger partial charge in [0.05, 0.1) is 26.4 Å². The maximum absolute atomic E-state index is 6.21. The molecule has 0 spiro atoms. The van der Waals surface area contributed by atoms with Gasteiger partial charge in [0.15, 0.2) is 0 Å². The Hall–Kier alpha value is -1.54. The third-order valence-electron chi connectivity index (χ3n) is 5.13. The molecule has 32 heavy (non-hydrogen) atoms. The Morgan fingerprint density at radius 3 is 1.53 bits per heavy atom. The molecular formula is C24H32Cl2N2O4. The summed E-state index contributed by atoms with van der Waals surface area (Å²) >= 11 is 12.4. The van der Waals surface area contributed by atoms with E-state index in [0.717, 1.165) is 48.8 Å². The van der Waals surface area contributed by atoms with Crippen LogP contribution in [-0.2, 0) is 22.6 Å². The van der Waals surface area contributed by atoms with Crippen molar-refractivity contribution in [2.45, 2.75) is 13.1 Å². The summed E-state index contributed by atoms with van der Waals surface area (Å²) in [7, 11) is 4.13. The van der Waals surface area contributed by atoms with Crippen LogP contribution < -0.4 is 9.47 Å². The molecule has 0 amide bonds. The number of rotatable bonds is 0. The lowest BCUT2D eigenvalue weighted by molar-refractivity contribution is 0.0741. The van der Waals surface area contributed by atoms with E-state index in [9.17, 15) is 0 Å². The summed E-state index contributed by atoms with van der Waals surface area (Å²) in [6.07, 6.45) is 0. The van der Waals surface area contributed by atoms with E-state index in [1.807, 2.05) is 36.4 Å². The van der Waals surface area contributed by atoms with Crippen LogP contribution in [0.5, 0.6) is 11.5 Å². The van der Waals surface area contributed by atoms with E-state index >= 15 is 0 Å². The smallest absolute Gasteiger partial charge is 0.124 e. The fraction of sp³-hybridized carbons (Fsp3) is 0.500. The molecule has 1 heterocycles. The van der Waals surface area contributed by atoms with Gasteiger partial charge in [-0.05, 0) is 50.5 Å². The minimum Gasteiger partial charge on any atom is -0.491 e. The summed E-state index contributed by atoms with van der Waals surface area (Å²) < 4.78 is 23.5. The molecule has 1 aliphatic heterocycles. The first kappa shape index (κ1) is 25.1. The Bertz CT molecular complexity index is 785. The fourth-order valence-electron chi connectivity index (χ4n) is 3.43.